The van der Waals surface area contributed by atoms with Crippen molar-refractivity contribution in [2.45, 2.75) is 19.9 Å². The summed E-state index contributed by atoms with van der Waals surface area (Å²) in [5.41, 5.74) is 0.469. The minimum absolute atomic E-state index is 0.218. The number of anilines is 1. The molecule has 5 heteroatoms. The molecule has 0 aromatic heterocycles. The monoisotopic (exact) mass is 318 g/mol. The number of piperazine rings is 1. The van der Waals surface area contributed by atoms with E-state index in [1.807, 2.05) is 4.90 Å². The Balaban J connectivity index is 2.39. The molecule has 1 aromatic carbocycles. The number of benzene rings is 1. The molecule has 1 aliphatic heterocycles. The molecule has 100 valence electrons. The molecule has 0 radical (unpaired) electrons. The molecule has 2 nitrogen and oxygen atoms in total. The number of hydrogen-bond acceptors (Lipinski definition) is 2. The molecule has 1 heterocycles. The van der Waals surface area contributed by atoms with Crippen LogP contribution in [0.2, 0.25) is 0 Å². The van der Waals surface area contributed by atoms with Crippen LogP contribution in [0.1, 0.15) is 13.8 Å². The third kappa shape index (κ3) is 2.67. The van der Waals surface area contributed by atoms with Crippen molar-refractivity contribution < 1.29 is 8.78 Å². The molecule has 1 fully saturated rings. The van der Waals surface area contributed by atoms with Crippen LogP contribution in [0.25, 0.3) is 0 Å². The van der Waals surface area contributed by atoms with E-state index in [1.54, 1.807) is 0 Å². The van der Waals surface area contributed by atoms with Crippen LogP contribution in [0.15, 0.2) is 16.6 Å². The molecule has 18 heavy (non-hydrogen) atoms. The van der Waals surface area contributed by atoms with Crippen LogP contribution in [0.5, 0.6) is 0 Å². The van der Waals surface area contributed by atoms with Gasteiger partial charge in [-0.2, -0.15) is 0 Å². The molecule has 1 aliphatic rings. The smallest absolute Gasteiger partial charge is 0.150 e. The second-order valence-corrected chi connectivity index (χ2v) is 5.78. The molecule has 0 spiro atoms. The van der Waals surface area contributed by atoms with E-state index in [0.29, 0.717) is 16.1 Å². The van der Waals surface area contributed by atoms with Crippen molar-refractivity contribution in [2.24, 2.45) is 5.92 Å². The molecule has 1 saturated heterocycles. The van der Waals surface area contributed by atoms with Crippen molar-refractivity contribution in [1.29, 1.82) is 0 Å². The van der Waals surface area contributed by atoms with Gasteiger partial charge in [0.25, 0.3) is 0 Å². The standard InChI is InChI=1S/C13H17BrF2N2/c1-8(2)12-7-17-3-4-18(12)13-10(14)5-9(15)6-11(13)16/h5-6,8,12,17H,3-4,7H2,1-2H3. The molecule has 0 amide bonds. The van der Waals surface area contributed by atoms with Crippen LogP contribution in [0.3, 0.4) is 0 Å². The molecule has 1 unspecified atom stereocenters. The lowest BCUT2D eigenvalue weighted by Gasteiger charge is -2.40. The van der Waals surface area contributed by atoms with Crippen LogP contribution in [0, 0.1) is 17.6 Å². The van der Waals surface area contributed by atoms with E-state index >= 15 is 0 Å². The Morgan fingerprint density at radius 2 is 2.11 bits per heavy atom. The largest absolute Gasteiger partial charge is 0.362 e. The average Bonchev–Trinajstić information content (AvgIpc) is 2.28. The molecule has 1 N–H and O–H groups in total. The van der Waals surface area contributed by atoms with Gasteiger partial charge in [-0.1, -0.05) is 13.8 Å². The summed E-state index contributed by atoms with van der Waals surface area (Å²) >= 11 is 3.27. The van der Waals surface area contributed by atoms with Gasteiger partial charge in [0.15, 0.2) is 5.82 Å². The lowest BCUT2D eigenvalue weighted by molar-refractivity contribution is 0.386. The molecular weight excluding hydrogens is 302 g/mol. The van der Waals surface area contributed by atoms with Gasteiger partial charge in [-0.3, -0.25) is 0 Å². The number of rotatable bonds is 2. The van der Waals surface area contributed by atoms with E-state index in [-0.39, 0.29) is 6.04 Å². The normalized spacial score (nSPS) is 20.6. The van der Waals surface area contributed by atoms with E-state index in [0.717, 1.165) is 25.7 Å². The summed E-state index contributed by atoms with van der Waals surface area (Å²) in [6.07, 6.45) is 0. The summed E-state index contributed by atoms with van der Waals surface area (Å²) in [5, 5.41) is 3.31. The maximum absolute atomic E-state index is 14.0. The summed E-state index contributed by atoms with van der Waals surface area (Å²) in [6, 6.07) is 2.48. The first kappa shape index (κ1) is 13.7. The molecule has 0 bridgehead atoms. The fourth-order valence-corrected chi connectivity index (χ4v) is 3.04. The van der Waals surface area contributed by atoms with Gasteiger partial charge < -0.3 is 10.2 Å². The van der Waals surface area contributed by atoms with Gasteiger partial charge in [0.1, 0.15) is 5.82 Å². The summed E-state index contributed by atoms with van der Waals surface area (Å²) in [5.74, 6) is -0.664. The molecular formula is C13H17BrF2N2. The first-order valence-corrected chi connectivity index (χ1v) is 6.92. The van der Waals surface area contributed by atoms with E-state index in [4.69, 9.17) is 0 Å². The highest BCUT2D eigenvalue weighted by molar-refractivity contribution is 9.10. The van der Waals surface area contributed by atoms with Crippen molar-refractivity contribution in [3.63, 3.8) is 0 Å². The van der Waals surface area contributed by atoms with E-state index < -0.39 is 11.6 Å². The van der Waals surface area contributed by atoms with Crippen molar-refractivity contribution in [1.82, 2.24) is 5.32 Å². The van der Waals surface area contributed by atoms with E-state index in [9.17, 15) is 8.78 Å². The molecule has 1 aromatic rings. The third-order valence-corrected chi connectivity index (χ3v) is 3.93. The van der Waals surface area contributed by atoms with Gasteiger partial charge in [-0.25, -0.2) is 8.78 Å². The second kappa shape index (κ2) is 5.53. The minimum Gasteiger partial charge on any atom is -0.362 e. The maximum atomic E-state index is 14.0. The first-order valence-electron chi connectivity index (χ1n) is 6.12. The summed E-state index contributed by atoms with van der Waals surface area (Å²) in [7, 11) is 0. The number of nitrogens with zero attached hydrogens (tertiary/aromatic N) is 1. The summed E-state index contributed by atoms with van der Waals surface area (Å²) in [4.78, 5) is 2.03. The summed E-state index contributed by atoms with van der Waals surface area (Å²) < 4.78 is 27.6. The highest BCUT2D eigenvalue weighted by atomic mass is 79.9. The Hall–Kier alpha value is -0.680. The molecule has 0 aliphatic carbocycles. The van der Waals surface area contributed by atoms with Gasteiger partial charge in [0.2, 0.25) is 0 Å². The predicted molar refractivity (Wildman–Crippen MR) is 72.9 cm³/mol. The Morgan fingerprint density at radius 1 is 1.39 bits per heavy atom. The van der Waals surface area contributed by atoms with E-state index in [2.05, 4.69) is 35.1 Å². The molecule has 1 atom stereocenters. The van der Waals surface area contributed by atoms with Crippen molar-refractivity contribution in [3.8, 4) is 0 Å². The van der Waals surface area contributed by atoms with Crippen LogP contribution in [0.4, 0.5) is 14.5 Å². The van der Waals surface area contributed by atoms with Crippen LogP contribution in [-0.4, -0.2) is 25.7 Å². The number of hydrogen-bond donors (Lipinski definition) is 1. The second-order valence-electron chi connectivity index (χ2n) is 4.93. The van der Waals surface area contributed by atoms with Gasteiger partial charge in [0.05, 0.1) is 5.69 Å². The quantitative estimate of drug-likeness (QED) is 0.901. The Kier molecular flexibility index (Phi) is 4.22. The van der Waals surface area contributed by atoms with Crippen LogP contribution in [-0.2, 0) is 0 Å². The topological polar surface area (TPSA) is 15.3 Å². The highest BCUT2D eigenvalue weighted by Gasteiger charge is 2.28. The Bertz CT molecular complexity index is 414. The zero-order valence-corrected chi connectivity index (χ0v) is 12.1. The lowest BCUT2D eigenvalue weighted by atomic mass is 9.99. The Morgan fingerprint density at radius 3 is 2.72 bits per heavy atom. The summed E-state index contributed by atoms with van der Waals surface area (Å²) in [6.45, 7) is 6.58. The third-order valence-electron chi connectivity index (χ3n) is 3.32. The molecule has 2 rings (SSSR count). The van der Waals surface area contributed by atoms with E-state index in [1.165, 1.54) is 6.07 Å². The van der Waals surface area contributed by atoms with Crippen LogP contribution < -0.4 is 10.2 Å². The van der Waals surface area contributed by atoms with Gasteiger partial charge in [-0.05, 0) is 27.9 Å². The number of nitrogens with one attached hydrogen (secondary N) is 1. The fraction of sp³-hybridized carbons (Fsp3) is 0.538. The minimum atomic E-state index is -0.556. The Labute approximate surface area is 114 Å². The van der Waals surface area contributed by atoms with Crippen molar-refractivity contribution in [3.05, 3.63) is 28.2 Å². The average molecular weight is 319 g/mol. The van der Waals surface area contributed by atoms with Crippen LogP contribution >= 0.6 is 15.9 Å². The zero-order chi connectivity index (χ0) is 13.3. The first-order chi connectivity index (χ1) is 8.50. The fourth-order valence-electron chi connectivity index (χ4n) is 2.41. The highest BCUT2D eigenvalue weighted by Crippen LogP contribution is 2.33. The van der Waals surface area contributed by atoms with Gasteiger partial charge in [0, 0.05) is 36.2 Å². The van der Waals surface area contributed by atoms with Crippen molar-refractivity contribution >= 4 is 21.6 Å². The maximum Gasteiger partial charge on any atom is 0.150 e. The number of halogens is 3. The predicted octanol–water partition coefficient (Wildman–Crippen LogP) is 3.16. The zero-order valence-electron chi connectivity index (χ0n) is 10.5. The SMILES string of the molecule is CC(C)C1CNCCN1c1c(F)cc(F)cc1Br. The van der Waals surface area contributed by atoms with Crippen molar-refractivity contribution in [2.75, 3.05) is 24.5 Å². The van der Waals surface area contributed by atoms with Gasteiger partial charge >= 0.3 is 0 Å². The van der Waals surface area contributed by atoms with Gasteiger partial charge in [-0.15, -0.1) is 0 Å². The lowest BCUT2D eigenvalue weighted by Crippen LogP contribution is -2.54. The molecule has 0 saturated carbocycles.